The summed E-state index contributed by atoms with van der Waals surface area (Å²) in [6.45, 7) is 2.72. The maximum Gasteiger partial charge on any atom is 0.226 e. The van der Waals surface area contributed by atoms with E-state index in [0.29, 0.717) is 17.6 Å². The minimum absolute atomic E-state index is 0.266. The number of halogens is 1. The lowest BCUT2D eigenvalue weighted by atomic mass is 9.96. The molecule has 0 aromatic heterocycles. The average Bonchev–Trinajstić information content (AvgIpc) is 2.46. The van der Waals surface area contributed by atoms with Crippen LogP contribution < -0.4 is 5.73 Å². The number of nitrogens with zero attached hydrogens (tertiary/aromatic N) is 2. The first-order chi connectivity index (χ1) is 9.97. The lowest BCUT2D eigenvalue weighted by molar-refractivity contribution is -0.120. The van der Waals surface area contributed by atoms with Crippen molar-refractivity contribution in [1.29, 1.82) is 0 Å². The van der Waals surface area contributed by atoms with Crippen LogP contribution >= 0.6 is 11.6 Å². The highest BCUT2D eigenvalue weighted by atomic mass is 35.5. The normalized spacial score (nSPS) is 18.9. The first kappa shape index (κ1) is 16.3. The summed E-state index contributed by atoms with van der Waals surface area (Å²) in [6, 6.07) is 8.05. The minimum Gasteiger partial charge on any atom is -0.369 e. The van der Waals surface area contributed by atoms with Gasteiger partial charge in [0, 0.05) is 17.6 Å². The van der Waals surface area contributed by atoms with Gasteiger partial charge in [0.25, 0.3) is 0 Å². The Morgan fingerprint density at radius 1 is 1.33 bits per heavy atom. The van der Waals surface area contributed by atoms with Crippen molar-refractivity contribution in [3.8, 4) is 0 Å². The summed E-state index contributed by atoms with van der Waals surface area (Å²) >= 11 is 5.90. The lowest BCUT2D eigenvalue weighted by Gasteiger charge is -2.36. The Labute approximate surface area is 131 Å². The van der Waals surface area contributed by atoms with Crippen LogP contribution in [0.1, 0.15) is 24.3 Å². The molecule has 1 aliphatic rings. The van der Waals surface area contributed by atoms with Crippen LogP contribution in [0.4, 0.5) is 0 Å². The predicted molar refractivity (Wildman–Crippen MR) is 86.5 cm³/mol. The molecule has 5 heteroatoms. The van der Waals surface area contributed by atoms with E-state index in [4.69, 9.17) is 17.3 Å². The van der Waals surface area contributed by atoms with Crippen LogP contribution in [0.3, 0.4) is 0 Å². The molecule has 1 saturated heterocycles. The standard InChI is InChI=1S/C16H24ClN3O/c1-19(2)14-7-9-20(10-8-14)11-15(16(18)21)12-3-5-13(17)6-4-12/h3-6,14-15H,7-11H2,1-2H3,(H2,18,21)/t15-/m1/s1. The van der Waals surface area contributed by atoms with Crippen molar-refractivity contribution in [2.75, 3.05) is 33.7 Å². The number of rotatable bonds is 5. The van der Waals surface area contributed by atoms with Gasteiger partial charge in [-0.3, -0.25) is 4.79 Å². The van der Waals surface area contributed by atoms with E-state index in [0.717, 1.165) is 31.5 Å². The average molecular weight is 310 g/mol. The molecule has 116 valence electrons. The van der Waals surface area contributed by atoms with E-state index in [1.165, 1.54) is 0 Å². The Morgan fingerprint density at radius 2 is 1.90 bits per heavy atom. The van der Waals surface area contributed by atoms with Crippen LogP contribution in [-0.2, 0) is 4.79 Å². The summed E-state index contributed by atoms with van der Waals surface area (Å²) in [4.78, 5) is 16.4. The minimum atomic E-state index is -0.271. The van der Waals surface area contributed by atoms with Gasteiger partial charge in [-0.1, -0.05) is 23.7 Å². The van der Waals surface area contributed by atoms with E-state index in [1.54, 1.807) is 0 Å². The largest absolute Gasteiger partial charge is 0.369 e. The molecule has 0 spiro atoms. The van der Waals surface area contributed by atoms with Gasteiger partial charge in [0.15, 0.2) is 0 Å². The van der Waals surface area contributed by atoms with Crippen LogP contribution in [-0.4, -0.2) is 55.5 Å². The zero-order chi connectivity index (χ0) is 15.4. The zero-order valence-corrected chi connectivity index (χ0v) is 13.5. The molecule has 1 atom stereocenters. The third-order valence-corrected chi connectivity index (χ3v) is 4.60. The Bertz CT molecular complexity index is 467. The second-order valence-corrected chi connectivity index (χ2v) is 6.44. The fourth-order valence-corrected chi connectivity index (χ4v) is 3.06. The van der Waals surface area contributed by atoms with Crippen LogP contribution in [0.2, 0.25) is 5.02 Å². The number of benzene rings is 1. The Balaban J connectivity index is 1.98. The number of hydrogen-bond acceptors (Lipinski definition) is 3. The first-order valence-electron chi connectivity index (χ1n) is 7.41. The fraction of sp³-hybridized carbons (Fsp3) is 0.562. The maximum absolute atomic E-state index is 11.8. The molecule has 0 radical (unpaired) electrons. The summed E-state index contributed by atoms with van der Waals surface area (Å²) in [7, 11) is 4.25. The molecule has 2 rings (SSSR count). The molecule has 1 amide bonds. The van der Waals surface area contributed by atoms with Gasteiger partial charge in [-0.2, -0.15) is 0 Å². The van der Waals surface area contributed by atoms with Gasteiger partial charge in [0.05, 0.1) is 5.92 Å². The van der Waals surface area contributed by atoms with Gasteiger partial charge in [-0.05, 0) is 57.7 Å². The monoisotopic (exact) mass is 309 g/mol. The smallest absolute Gasteiger partial charge is 0.226 e. The molecule has 21 heavy (non-hydrogen) atoms. The Kier molecular flexibility index (Phi) is 5.62. The number of primary amides is 1. The number of hydrogen-bond donors (Lipinski definition) is 1. The highest BCUT2D eigenvalue weighted by Crippen LogP contribution is 2.22. The van der Waals surface area contributed by atoms with Gasteiger partial charge in [-0.15, -0.1) is 0 Å². The number of nitrogens with two attached hydrogens (primary N) is 1. The summed E-state index contributed by atoms with van der Waals surface area (Å²) < 4.78 is 0. The van der Waals surface area contributed by atoms with Gasteiger partial charge >= 0.3 is 0 Å². The summed E-state index contributed by atoms with van der Waals surface area (Å²) in [5, 5.41) is 0.675. The first-order valence-corrected chi connectivity index (χ1v) is 7.78. The van der Waals surface area contributed by atoms with E-state index < -0.39 is 0 Å². The SMILES string of the molecule is CN(C)C1CCN(C[C@@H](C(N)=O)c2ccc(Cl)cc2)CC1. The van der Waals surface area contributed by atoms with E-state index in [-0.39, 0.29) is 11.8 Å². The van der Waals surface area contributed by atoms with Gasteiger partial charge in [0.2, 0.25) is 5.91 Å². The van der Waals surface area contributed by atoms with E-state index in [2.05, 4.69) is 23.9 Å². The maximum atomic E-state index is 11.8. The van der Waals surface area contributed by atoms with Crippen LogP contribution in [0.5, 0.6) is 0 Å². The topological polar surface area (TPSA) is 49.6 Å². The number of piperidine rings is 1. The summed E-state index contributed by atoms with van der Waals surface area (Å²) in [5.74, 6) is -0.537. The quantitative estimate of drug-likeness (QED) is 0.904. The lowest BCUT2D eigenvalue weighted by Crippen LogP contribution is -2.44. The summed E-state index contributed by atoms with van der Waals surface area (Å²) in [5.41, 5.74) is 6.54. The molecule has 2 N–H and O–H groups in total. The highest BCUT2D eigenvalue weighted by molar-refractivity contribution is 6.30. The molecule has 4 nitrogen and oxygen atoms in total. The molecule has 1 fully saturated rings. The third kappa shape index (κ3) is 4.43. The second-order valence-electron chi connectivity index (χ2n) is 6.00. The molecule has 0 aliphatic carbocycles. The Morgan fingerprint density at radius 3 is 2.38 bits per heavy atom. The number of likely N-dealkylation sites (tertiary alicyclic amines) is 1. The van der Waals surface area contributed by atoms with Crippen molar-refractivity contribution < 1.29 is 4.79 Å². The molecular weight excluding hydrogens is 286 g/mol. The molecule has 1 aliphatic heterocycles. The van der Waals surface area contributed by atoms with Crippen molar-refractivity contribution in [3.63, 3.8) is 0 Å². The van der Waals surface area contributed by atoms with Crippen molar-refractivity contribution >= 4 is 17.5 Å². The van der Waals surface area contributed by atoms with Gasteiger partial charge in [-0.25, -0.2) is 0 Å². The van der Waals surface area contributed by atoms with Crippen molar-refractivity contribution in [1.82, 2.24) is 9.80 Å². The molecule has 1 heterocycles. The highest BCUT2D eigenvalue weighted by Gasteiger charge is 2.25. The fourth-order valence-electron chi connectivity index (χ4n) is 2.93. The number of carbonyl (C=O) groups excluding carboxylic acids is 1. The zero-order valence-electron chi connectivity index (χ0n) is 12.8. The molecular formula is C16H24ClN3O. The van der Waals surface area contributed by atoms with Gasteiger partial charge in [0.1, 0.15) is 0 Å². The third-order valence-electron chi connectivity index (χ3n) is 4.34. The van der Waals surface area contributed by atoms with Crippen LogP contribution in [0.15, 0.2) is 24.3 Å². The Hall–Kier alpha value is -1.10. The van der Waals surface area contributed by atoms with Crippen LogP contribution in [0.25, 0.3) is 0 Å². The van der Waals surface area contributed by atoms with Gasteiger partial charge < -0.3 is 15.5 Å². The van der Waals surface area contributed by atoms with E-state index >= 15 is 0 Å². The van der Waals surface area contributed by atoms with Crippen molar-refractivity contribution in [2.24, 2.45) is 5.73 Å². The number of carbonyl (C=O) groups is 1. The van der Waals surface area contributed by atoms with Crippen molar-refractivity contribution in [3.05, 3.63) is 34.9 Å². The predicted octanol–water partition coefficient (Wildman–Crippen LogP) is 1.93. The molecule has 0 unspecified atom stereocenters. The number of amides is 1. The molecule has 1 aromatic rings. The van der Waals surface area contributed by atoms with E-state index in [1.807, 2.05) is 24.3 Å². The summed E-state index contributed by atoms with van der Waals surface area (Å²) in [6.07, 6.45) is 2.28. The van der Waals surface area contributed by atoms with E-state index in [9.17, 15) is 4.79 Å². The molecule has 0 bridgehead atoms. The van der Waals surface area contributed by atoms with Crippen LogP contribution in [0, 0.1) is 0 Å². The van der Waals surface area contributed by atoms with Crippen molar-refractivity contribution in [2.45, 2.75) is 24.8 Å². The second kappa shape index (κ2) is 7.25. The molecule has 1 aromatic carbocycles. The molecule has 0 saturated carbocycles.